The molecule has 0 aliphatic heterocycles. The first-order valence-corrected chi connectivity index (χ1v) is 11.0. The standard InChI is InChI=1S/C23H31FN6O3/c1-23(2,13-33-3)12-26-22(32)21-28-16-9-8-14(24)10-15(16)20(30-21)29-18-7-5-4-6-17(18)27-19(31)11-25/h8-11,17-18,25H,4-7,12-13H2,1-3H3,(H,26,32)(H,27,31)(H,28,29,30)/t17-,18+/m1/s1. The van der Waals surface area contributed by atoms with Crippen LogP contribution in [0.2, 0.25) is 0 Å². The smallest absolute Gasteiger partial charge is 0.289 e. The second-order valence-corrected chi connectivity index (χ2v) is 9.13. The summed E-state index contributed by atoms with van der Waals surface area (Å²) in [4.78, 5) is 33.4. The third kappa shape index (κ3) is 6.44. The second-order valence-electron chi connectivity index (χ2n) is 9.13. The Hall–Kier alpha value is -3.14. The van der Waals surface area contributed by atoms with Crippen molar-refractivity contribution in [3.05, 3.63) is 29.8 Å². The number of aromatic nitrogens is 2. The lowest BCUT2D eigenvalue weighted by molar-refractivity contribution is -0.115. The molecule has 1 heterocycles. The largest absolute Gasteiger partial charge is 0.384 e. The first-order chi connectivity index (χ1) is 15.7. The summed E-state index contributed by atoms with van der Waals surface area (Å²) in [6, 6.07) is 3.74. The summed E-state index contributed by atoms with van der Waals surface area (Å²) in [7, 11) is 1.61. The van der Waals surface area contributed by atoms with Crippen LogP contribution < -0.4 is 16.0 Å². The van der Waals surface area contributed by atoms with Gasteiger partial charge in [0.25, 0.3) is 11.8 Å². The Kier molecular flexibility index (Phi) is 7.91. The Morgan fingerprint density at radius 3 is 2.67 bits per heavy atom. The maximum atomic E-state index is 14.0. The first-order valence-electron chi connectivity index (χ1n) is 11.0. The van der Waals surface area contributed by atoms with Gasteiger partial charge in [0.2, 0.25) is 5.82 Å². The molecule has 1 saturated carbocycles. The molecule has 9 nitrogen and oxygen atoms in total. The van der Waals surface area contributed by atoms with E-state index in [1.807, 2.05) is 13.8 Å². The molecule has 10 heteroatoms. The lowest BCUT2D eigenvalue weighted by Crippen LogP contribution is -2.49. The van der Waals surface area contributed by atoms with Crippen molar-refractivity contribution in [2.45, 2.75) is 51.6 Å². The van der Waals surface area contributed by atoms with Gasteiger partial charge in [0, 0.05) is 36.5 Å². The lowest BCUT2D eigenvalue weighted by atomic mass is 9.90. The molecular formula is C23H31FN6O3. The molecule has 1 aliphatic rings. The monoisotopic (exact) mass is 458 g/mol. The number of hydrogen-bond acceptors (Lipinski definition) is 7. The summed E-state index contributed by atoms with van der Waals surface area (Å²) >= 11 is 0. The van der Waals surface area contributed by atoms with Crippen molar-refractivity contribution in [3.63, 3.8) is 0 Å². The summed E-state index contributed by atoms with van der Waals surface area (Å²) in [5.74, 6) is -1.04. The fraction of sp³-hybridized carbons (Fsp3) is 0.522. The van der Waals surface area contributed by atoms with E-state index in [0.29, 0.717) is 29.9 Å². The predicted octanol–water partition coefficient (Wildman–Crippen LogP) is 2.66. The minimum absolute atomic E-state index is 0.0271. The molecule has 1 aromatic carbocycles. The van der Waals surface area contributed by atoms with E-state index in [1.165, 1.54) is 18.2 Å². The van der Waals surface area contributed by atoms with Gasteiger partial charge >= 0.3 is 0 Å². The highest BCUT2D eigenvalue weighted by atomic mass is 19.1. The molecule has 2 atom stereocenters. The van der Waals surface area contributed by atoms with E-state index < -0.39 is 17.6 Å². The van der Waals surface area contributed by atoms with Gasteiger partial charge < -0.3 is 26.1 Å². The van der Waals surface area contributed by atoms with E-state index in [-0.39, 0.29) is 23.3 Å². The van der Waals surface area contributed by atoms with Crippen LogP contribution in [-0.2, 0) is 9.53 Å². The van der Waals surface area contributed by atoms with Crippen molar-refractivity contribution >= 4 is 34.7 Å². The quantitative estimate of drug-likeness (QED) is 0.428. The number of methoxy groups -OCH3 is 1. The number of anilines is 1. The number of hydrogen-bond donors (Lipinski definition) is 4. The Bertz CT molecular complexity index is 1030. The molecule has 33 heavy (non-hydrogen) atoms. The van der Waals surface area contributed by atoms with Gasteiger partial charge in [-0.1, -0.05) is 26.7 Å². The van der Waals surface area contributed by atoms with Crippen LogP contribution in [-0.4, -0.2) is 60.3 Å². The number of carbonyl (C=O) groups excluding carboxylic acids is 2. The Balaban J connectivity index is 1.89. The summed E-state index contributed by atoms with van der Waals surface area (Å²) in [6.07, 6.45) is 4.15. The Labute approximate surface area is 192 Å². The molecule has 3 rings (SSSR count). The second kappa shape index (κ2) is 10.7. The molecule has 2 aromatic rings. The molecule has 0 spiro atoms. The number of amides is 2. The SMILES string of the molecule is COCC(C)(C)CNC(=O)c1nc(N[C@H]2CCCC[C@H]2NC(=O)C=N)c2cc(F)ccc2n1. The molecule has 4 N–H and O–H groups in total. The van der Waals surface area contributed by atoms with E-state index in [9.17, 15) is 14.0 Å². The van der Waals surface area contributed by atoms with E-state index in [0.717, 1.165) is 31.9 Å². The molecule has 1 fully saturated rings. The average Bonchev–Trinajstić information content (AvgIpc) is 2.78. The van der Waals surface area contributed by atoms with Crippen molar-refractivity contribution in [2.75, 3.05) is 25.6 Å². The fourth-order valence-corrected chi connectivity index (χ4v) is 4.03. The zero-order valence-electron chi connectivity index (χ0n) is 19.2. The average molecular weight is 459 g/mol. The third-order valence-corrected chi connectivity index (χ3v) is 5.67. The number of rotatable bonds is 9. The molecule has 0 radical (unpaired) electrons. The van der Waals surface area contributed by atoms with E-state index in [1.54, 1.807) is 7.11 Å². The maximum absolute atomic E-state index is 14.0. The number of nitrogens with one attached hydrogen (secondary N) is 4. The number of fused-ring (bicyclic) bond motifs is 1. The van der Waals surface area contributed by atoms with E-state index in [2.05, 4.69) is 25.9 Å². The maximum Gasteiger partial charge on any atom is 0.289 e. The summed E-state index contributed by atoms with van der Waals surface area (Å²) in [5, 5.41) is 16.6. The van der Waals surface area contributed by atoms with Gasteiger partial charge in [0.15, 0.2) is 0 Å². The Morgan fingerprint density at radius 2 is 1.97 bits per heavy atom. The normalized spacial score (nSPS) is 18.5. The predicted molar refractivity (Wildman–Crippen MR) is 124 cm³/mol. The first kappa shape index (κ1) is 24.5. The zero-order valence-corrected chi connectivity index (χ0v) is 19.2. The summed E-state index contributed by atoms with van der Waals surface area (Å²) in [5.41, 5.74) is 0.166. The molecule has 2 amide bonds. The highest BCUT2D eigenvalue weighted by molar-refractivity contribution is 6.25. The number of nitrogens with zero attached hydrogens (tertiary/aromatic N) is 2. The summed E-state index contributed by atoms with van der Waals surface area (Å²) < 4.78 is 19.2. The van der Waals surface area contributed by atoms with Crippen LogP contribution in [0, 0.1) is 16.6 Å². The topological polar surface area (TPSA) is 129 Å². The van der Waals surface area contributed by atoms with Gasteiger partial charge in [0.1, 0.15) is 11.6 Å². The molecule has 0 unspecified atom stereocenters. The van der Waals surface area contributed by atoms with Crippen molar-refractivity contribution in [1.82, 2.24) is 20.6 Å². The van der Waals surface area contributed by atoms with Gasteiger partial charge in [-0.25, -0.2) is 14.4 Å². The van der Waals surface area contributed by atoms with Crippen LogP contribution in [0.15, 0.2) is 18.2 Å². The molecular weight excluding hydrogens is 427 g/mol. The lowest BCUT2D eigenvalue weighted by Gasteiger charge is -2.33. The van der Waals surface area contributed by atoms with Crippen LogP contribution in [0.3, 0.4) is 0 Å². The minimum atomic E-state index is -0.467. The summed E-state index contributed by atoms with van der Waals surface area (Å²) in [6.45, 7) is 4.79. The molecule has 1 aromatic heterocycles. The van der Waals surface area contributed by atoms with Crippen LogP contribution in [0.25, 0.3) is 10.9 Å². The van der Waals surface area contributed by atoms with Gasteiger partial charge in [-0.15, -0.1) is 0 Å². The van der Waals surface area contributed by atoms with Crippen LogP contribution in [0.4, 0.5) is 10.2 Å². The van der Waals surface area contributed by atoms with Gasteiger partial charge in [-0.2, -0.15) is 0 Å². The van der Waals surface area contributed by atoms with Crippen molar-refractivity contribution < 1.29 is 18.7 Å². The fourth-order valence-electron chi connectivity index (χ4n) is 4.03. The number of halogens is 1. The molecule has 0 saturated heterocycles. The molecule has 178 valence electrons. The van der Waals surface area contributed by atoms with Crippen LogP contribution >= 0.6 is 0 Å². The zero-order chi connectivity index (χ0) is 24.0. The number of ether oxygens (including phenoxy) is 1. The van der Waals surface area contributed by atoms with Gasteiger partial charge in [-0.05, 0) is 31.0 Å². The van der Waals surface area contributed by atoms with Crippen molar-refractivity contribution in [1.29, 1.82) is 5.41 Å². The third-order valence-electron chi connectivity index (χ3n) is 5.67. The highest BCUT2D eigenvalue weighted by Gasteiger charge is 2.28. The highest BCUT2D eigenvalue weighted by Crippen LogP contribution is 2.27. The minimum Gasteiger partial charge on any atom is -0.384 e. The van der Waals surface area contributed by atoms with Gasteiger partial charge in [0.05, 0.1) is 18.3 Å². The number of benzene rings is 1. The van der Waals surface area contributed by atoms with E-state index >= 15 is 0 Å². The Morgan fingerprint density at radius 1 is 1.24 bits per heavy atom. The molecule has 0 bridgehead atoms. The van der Waals surface area contributed by atoms with Crippen LogP contribution in [0.5, 0.6) is 0 Å². The van der Waals surface area contributed by atoms with Crippen molar-refractivity contribution in [2.24, 2.45) is 5.41 Å². The van der Waals surface area contributed by atoms with E-state index in [4.69, 9.17) is 10.1 Å². The van der Waals surface area contributed by atoms with Gasteiger partial charge in [-0.3, -0.25) is 9.59 Å². The van der Waals surface area contributed by atoms with Crippen LogP contribution in [0.1, 0.15) is 50.1 Å². The van der Waals surface area contributed by atoms with Crippen molar-refractivity contribution in [3.8, 4) is 0 Å². The number of carbonyl (C=O) groups is 2. The molecule has 1 aliphatic carbocycles.